The molecule has 1 saturated carbocycles. The molecule has 2 aromatic heterocycles. The zero-order chi connectivity index (χ0) is 15.7. The Morgan fingerprint density at radius 1 is 1.35 bits per heavy atom. The minimum absolute atomic E-state index is 0.453. The largest absolute Gasteiger partial charge is 0.388 e. The van der Waals surface area contributed by atoms with Gasteiger partial charge in [-0.1, -0.05) is 5.16 Å². The van der Waals surface area contributed by atoms with Crippen molar-refractivity contribution in [2.24, 2.45) is 0 Å². The number of rotatable bonds is 6. The first-order chi connectivity index (χ1) is 11.2. The topological polar surface area (TPSA) is 80.2 Å². The average molecular weight is 317 g/mol. The molecule has 2 aromatic rings. The first-order valence-corrected chi connectivity index (χ1v) is 8.43. The van der Waals surface area contributed by atoms with Crippen molar-refractivity contribution in [3.8, 4) is 0 Å². The van der Waals surface area contributed by atoms with Crippen LogP contribution in [0.2, 0.25) is 0 Å². The van der Waals surface area contributed by atoms with E-state index in [1.807, 2.05) is 12.5 Å². The van der Waals surface area contributed by atoms with Crippen molar-refractivity contribution in [3.05, 3.63) is 30.4 Å². The molecule has 0 bridgehead atoms. The SMILES string of the molecule is OC1(Cc2nc(C3CC3)no2)CCCN(CCn2ccnc2)C1. The highest BCUT2D eigenvalue weighted by Crippen LogP contribution is 2.38. The van der Waals surface area contributed by atoms with Crippen molar-refractivity contribution in [2.75, 3.05) is 19.6 Å². The maximum atomic E-state index is 10.9. The first-order valence-electron chi connectivity index (χ1n) is 8.43. The summed E-state index contributed by atoms with van der Waals surface area (Å²) in [7, 11) is 0. The maximum Gasteiger partial charge on any atom is 0.229 e. The fraction of sp³-hybridized carbons (Fsp3) is 0.688. The van der Waals surface area contributed by atoms with Gasteiger partial charge in [-0.3, -0.25) is 4.90 Å². The van der Waals surface area contributed by atoms with E-state index in [0.29, 0.717) is 24.8 Å². The van der Waals surface area contributed by atoms with E-state index in [4.69, 9.17) is 4.52 Å². The van der Waals surface area contributed by atoms with Crippen molar-refractivity contribution in [3.63, 3.8) is 0 Å². The lowest BCUT2D eigenvalue weighted by Crippen LogP contribution is -2.50. The molecule has 1 aliphatic carbocycles. The summed E-state index contributed by atoms with van der Waals surface area (Å²) in [6.07, 6.45) is 10.1. The Balaban J connectivity index is 1.34. The summed E-state index contributed by atoms with van der Waals surface area (Å²) < 4.78 is 7.40. The van der Waals surface area contributed by atoms with Crippen LogP contribution in [0.5, 0.6) is 0 Å². The van der Waals surface area contributed by atoms with Crippen LogP contribution in [0.25, 0.3) is 0 Å². The van der Waals surface area contributed by atoms with Gasteiger partial charge in [0.05, 0.1) is 18.3 Å². The van der Waals surface area contributed by atoms with Crippen molar-refractivity contribution in [2.45, 2.75) is 50.2 Å². The fourth-order valence-electron chi connectivity index (χ4n) is 3.35. The molecule has 4 rings (SSSR count). The summed E-state index contributed by atoms with van der Waals surface area (Å²) in [6, 6.07) is 0. The molecule has 1 saturated heterocycles. The molecule has 124 valence electrons. The first kappa shape index (κ1) is 14.8. The van der Waals surface area contributed by atoms with Crippen molar-refractivity contribution in [1.82, 2.24) is 24.6 Å². The van der Waals surface area contributed by atoms with Gasteiger partial charge in [-0.15, -0.1) is 0 Å². The van der Waals surface area contributed by atoms with Crippen LogP contribution in [-0.2, 0) is 13.0 Å². The van der Waals surface area contributed by atoms with Gasteiger partial charge in [-0.25, -0.2) is 4.98 Å². The summed E-state index contributed by atoms with van der Waals surface area (Å²) in [5.74, 6) is 1.88. The summed E-state index contributed by atoms with van der Waals surface area (Å²) in [6.45, 7) is 3.48. The molecule has 1 atom stereocenters. The number of hydrogen-bond acceptors (Lipinski definition) is 6. The molecule has 7 nitrogen and oxygen atoms in total. The molecule has 0 aromatic carbocycles. The lowest BCUT2D eigenvalue weighted by molar-refractivity contribution is -0.0356. The van der Waals surface area contributed by atoms with Crippen molar-refractivity contribution < 1.29 is 9.63 Å². The number of likely N-dealkylation sites (tertiary alicyclic amines) is 1. The lowest BCUT2D eigenvalue weighted by Gasteiger charge is -2.38. The van der Waals surface area contributed by atoms with Gasteiger partial charge in [-0.2, -0.15) is 4.98 Å². The average Bonchev–Trinajstić information content (AvgIpc) is 3.06. The second kappa shape index (κ2) is 6.05. The standard InChI is InChI=1S/C16H23N5O2/c22-16(10-14-18-15(19-23-14)13-2-3-13)4-1-6-20(11-16)8-9-21-7-5-17-12-21/h5,7,12-13,22H,1-4,6,8-11H2. The Hall–Kier alpha value is -1.73. The third-order valence-electron chi connectivity index (χ3n) is 4.77. The van der Waals surface area contributed by atoms with Crippen LogP contribution in [0, 0.1) is 0 Å². The molecule has 23 heavy (non-hydrogen) atoms. The molecule has 2 aliphatic rings. The number of hydrogen-bond donors (Lipinski definition) is 1. The van der Waals surface area contributed by atoms with Crippen molar-refractivity contribution in [1.29, 1.82) is 0 Å². The predicted octanol–water partition coefficient (Wildman–Crippen LogP) is 1.21. The molecule has 2 fully saturated rings. The van der Waals surface area contributed by atoms with E-state index in [1.165, 1.54) is 0 Å². The maximum absolute atomic E-state index is 10.9. The second-order valence-corrected chi connectivity index (χ2v) is 6.90. The molecular weight excluding hydrogens is 294 g/mol. The van der Waals surface area contributed by atoms with Crippen LogP contribution >= 0.6 is 0 Å². The van der Waals surface area contributed by atoms with Gasteiger partial charge >= 0.3 is 0 Å². The Bertz CT molecular complexity index is 637. The molecular formula is C16H23N5O2. The third-order valence-corrected chi connectivity index (χ3v) is 4.77. The van der Waals surface area contributed by atoms with E-state index in [-0.39, 0.29) is 0 Å². The molecule has 0 spiro atoms. The Labute approximate surface area is 135 Å². The molecule has 0 radical (unpaired) electrons. The van der Waals surface area contributed by atoms with Gasteiger partial charge in [0, 0.05) is 37.9 Å². The van der Waals surface area contributed by atoms with Gasteiger partial charge in [0.1, 0.15) is 0 Å². The van der Waals surface area contributed by atoms with Crippen LogP contribution in [-0.4, -0.2) is 54.9 Å². The third kappa shape index (κ3) is 3.61. The summed E-state index contributed by atoms with van der Waals surface area (Å²) in [5.41, 5.74) is -0.763. The number of imidazole rings is 1. The zero-order valence-electron chi connectivity index (χ0n) is 13.3. The van der Waals surface area contributed by atoms with E-state index in [0.717, 1.165) is 51.1 Å². The van der Waals surface area contributed by atoms with Crippen molar-refractivity contribution >= 4 is 0 Å². The van der Waals surface area contributed by atoms with Crippen LogP contribution in [0.15, 0.2) is 23.2 Å². The van der Waals surface area contributed by atoms with E-state index in [1.54, 1.807) is 6.20 Å². The normalized spacial score (nSPS) is 25.8. The summed E-state index contributed by atoms with van der Waals surface area (Å²) >= 11 is 0. The number of β-amino-alcohol motifs (C(OH)–C–C–N with tert-alkyl or cyclic N) is 1. The highest BCUT2D eigenvalue weighted by molar-refractivity contribution is 5.05. The van der Waals surface area contributed by atoms with E-state index in [2.05, 4.69) is 24.6 Å². The van der Waals surface area contributed by atoms with Gasteiger partial charge in [0.2, 0.25) is 5.89 Å². The molecule has 1 aliphatic heterocycles. The highest BCUT2D eigenvalue weighted by atomic mass is 16.5. The predicted molar refractivity (Wildman–Crippen MR) is 82.8 cm³/mol. The van der Waals surface area contributed by atoms with Gasteiger partial charge in [0.15, 0.2) is 5.82 Å². The van der Waals surface area contributed by atoms with Crippen LogP contribution in [0.3, 0.4) is 0 Å². The van der Waals surface area contributed by atoms with Crippen LogP contribution < -0.4 is 0 Å². The fourth-order valence-corrected chi connectivity index (χ4v) is 3.35. The molecule has 1 N–H and O–H groups in total. The van der Waals surface area contributed by atoms with E-state index >= 15 is 0 Å². The summed E-state index contributed by atoms with van der Waals surface area (Å²) in [4.78, 5) is 10.8. The summed E-state index contributed by atoms with van der Waals surface area (Å²) in [5, 5.41) is 15.0. The minimum Gasteiger partial charge on any atom is -0.388 e. The molecule has 0 amide bonds. The Morgan fingerprint density at radius 2 is 2.26 bits per heavy atom. The number of aliphatic hydroxyl groups is 1. The zero-order valence-corrected chi connectivity index (χ0v) is 13.3. The Morgan fingerprint density at radius 3 is 3.04 bits per heavy atom. The molecule has 3 heterocycles. The molecule has 1 unspecified atom stereocenters. The second-order valence-electron chi connectivity index (χ2n) is 6.90. The van der Waals surface area contributed by atoms with Gasteiger partial charge in [0.25, 0.3) is 0 Å². The minimum atomic E-state index is -0.763. The number of piperidine rings is 1. The lowest BCUT2D eigenvalue weighted by atomic mass is 9.89. The Kier molecular flexibility index (Phi) is 3.90. The number of nitrogens with zero attached hydrogens (tertiary/aromatic N) is 5. The number of aromatic nitrogens is 4. The van der Waals surface area contributed by atoms with Crippen LogP contribution in [0.4, 0.5) is 0 Å². The smallest absolute Gasteiger partial charge is 0.229 e. The quantitative estimate of drug-likeness (QED) is 0.863. The highest BCUT2D eigenvalue weighted by Gasteiger charge is 2.36. The monoisotopic (exact) mass is 317 g/mol. The van der Waals surface area contributed by atoms with E-state index in [9.17, 15) is 5.11 Å². The van der Waals surface area contributed by atoms with Crippen LogP contribution in [0.1, 0.15) is 43.3 Å². The molecule has 7 heteroatoms. The van der Waals surface area contributed by atoms with E-state index < -0.39 is 5.60 Å². The van der Waals surface area contributed by atoms with Gasteiger partial charge < -0.3 is 14.2 Å². The van der Waals surface area contributed by atoms with Gasteiger partial charge in [-0.05, 0) is 32.2 Å².